The maximum Gasteiger partial charge on any atom is 0.128 e. The highest BCUT2D eigenvalue weighted by atomic mass is 15.2. The Morgan fingerprint density at radius 3 is 2.60 bits per heavy atom. The second kappa shape index (κ2) is 6.55. The minimum Gasteiger partial charge on any atom is -0.383 e. The molecule has 0 aliphatic heterocycles. The molecule has 1 fully saturated rings. The quantitative estimate of drug-likeness (QED) is 0.868. The van der Waals surface area contributed by atoms with E-state index in [1.807, 2.05) is 6.07 Å². The number of hydrogen-bond donors (Lipinski definition) is 2. The van der Waals surface area contributed by atoms with Crippen molar-refractivity contribution < 1.29 is 0 Å². The Hall–Kier alpha value is -1.13. The van der Waals surface area contributed by atoms with Gasteiger partial charge in [0, 0.05) is 17.3 Å². The number of nitrogen functional groups attached to an aromatic ring is 1. The van der Waals surface area contributed by atoms with Crippen molar-refractivity contribution in [2.75, 3.05) is 26.4 Å². The second-order valence-corrected chi connectivity index (χ2v) is 6.03. The summed E-state index contributed by atoms with van der Waals surface area (Å²) >= 11 is 0. The zero-order valence-electron chi connectivity index (χ0n) is 13.0. The molecule has 1 aliphatic rings. The molecule has 0 amide bonds. The fraction of sp³-hybridized carbons (Fsp3) is 0.688. The number of rotatable bonds is 5. The normalized spacial score (nSPS) is 20.0. The van der Waals surface area contributed by atoms with Crippen LogP contribution < -0.4 is 11.1 Å². The van der Waals surface area contributed by atoms with Gasteiger partial charge in [0.25, 0.3) is 0 Å². The lowest BCUT2D eigenvalue weighted by atomic mass is 9.73. The summed E-state index contributed by atoms with van der Waals surface area (Å²) in [6.45, 7) is 3.10. The third kappa shape index (κ3) is 2.81. The predicted octanol–water partition coefficient (Wildman–Crippen LogP) is 2.58. The first-order valence-electron chi connectivity index (χ1n) is 7.73. The first-order chi connectivity index (χ1) is 9.62. The average molecular weight is 276 g/mol. The molecule has 2 rings (SSSR count). The van der Waals surface area contributed by atoms with E-state index in [4.69, 9.17) is 5.73 Å². The fourth-order valence-corrected chi connectivity index (χ4v) is 3.63. The van der Waals surface area contributed by atoms with Crippen LogP contribution in [-0.4, -0.2) is 36.1 Å². The molecule has 0 spiro atoms. The fourth-order valence-electron chi connectivity index (χ4n) is 3.63. The van der Waals surface area contributed by atoms with Crippen LogP contribution in [-0.2, 0) is 0 Å². The number of anilines is 1. The summed E-state index contributed by atoms with van der Waals surface area (Å²) in [4.78, 5) is 6.68. The van der Waals surface area contributed by atoms with Crippen molar-refractivity contribution in [2.24, 2.45) is 0 Å². The molecule has 1 aromatic heterocycles. The van der Waals surface area contributed by atoms with Gasteiger partial charge in [0.1, 0.15) is 5.82 Å². The molecule has 112 valence electrons. The van der Waals surface area contributed by atoms with Gasteiger partial charge in [-0.3, -0.25) is 0 Å². The van der Waals surface area contributed by atoms with Crippen molar-refractivity contribution in [1.29, 1.82) is 0 Å². The van der Waals surface area contributed by atoms with Crippen molar-refractivity contribution in [2.45, 2.75) is 50.6 Å². The molecule has 1 saturated carbocycles. The first-order valence-corrected chi connectivity index (χ1v) is 7.73. The molecule has 0 saturated heterocycles. The van der Waals surface area contributed by atoms with Crippen molar-refractivity contribution >= 4 is 5.82 Å². The van der Waals surface area contributed by atoms with Crippen LogP contribution in [0, 0.1) is 0 Å². The van der Waals surface area contributed by atoms with Crippen LogP contribution in [0.5, 0.6) is 0 Å². The molecule has 1 atom stereocenters. The molecule has 1 heterocycles. The van der Waals surface area contributed by atoms with Gasteiger partial charge in [-0.25, -0.2) is 4.98 Å². The molecule has 4 heteroatoms. The van der Waals surface area contributed by atoms with Crippen LogP contribution in [0.15, 0.2) is 18.3 Å². The summed E-state index contributed by atoms with van der Waals surface area (Å²) in [5, 5.41) is 3.67. The van der Waals surface area contributed by atoms with E-state index in [0.29, 0.717) is 5.82 Å². The van der Waals surface area contributed by atoms with Crippen LogP contribution in [0.3, 0.4) is 0 Å². The highest BCUT2D eigenvalue weighted by molar-refractivity contribution is 5.42. The number of nitrogens with two attached hydrogens (primary N) is 1. The van der Waals surface area contributed by atoms with E-state index in [-0.39, 0.29) is 11.6 Å². The SMILES string of the molecule is CCNC(c1cccnc1N)C1(N(C)C)CCCCC1. The topological polar surface area (TPSA) is 54.2 Å². The third-order valence-corrected chi connectivity index (χ3v) is 4.74. The molecule has 1 unspecified atom stereocenters. The molecule has 3 N–H and O–H groups in total. The minimum absolute atomic E-state index is 0.144. The number of aromatic nitrogens is 1. The Morgan fingerprint density at radius 1 is 1.35 bits per heavy atom. The zero-order chi connectivity index (χ0) is 14.6. The van der Waals surface area contributed by atoms with E-state index in [1.165, 1.54) is 32.1 Å². The average Bonchev–Trinajstić information content (AvgIpc) is 2.46. The highest BCUT2D eigenvalue weighted by Crippen LogP contribution is 2.42. The molecule has 20 heavy (non-hydrogen) atoms. The molecule has 4 nitrogen and oxygen atoms in total. The van der Waals surface area contributed by atoms with Crippen molar-refractivity contribution in [3.05, 3.63) is 23.9 Å². The lowest BCUT2D eigenvalue weighted by molar-refractivity contribution is 0.0572. The van der Waals surface area contributed by atoms with Crippen molar-refractivity contribution in [3.63, 3.8) is 0 Å². The molecule has 0 aromatic carbocycles. The van der Waals surface area contributed by atoms with E-state index in [2.05, 4.69) is 42.3 Å². The Labute approximate surface area is 122 Å². The van der Waals surface area contributed by atoms with Gasteiger partial charge < -0.3 is 16.0 Å². The Balaban J connectivity index is 2.42. The summed E-state index contributed by atoms with van der Waals surface area (Å²) in [5.41, 5.74) is 7.44. The largest absolute Gasteiger partial charge is 0.383 e. The van der Waals surface area contributed by atoms with Gasteiger partial charge in [-0.2, -0.15) is 0 Å². The Morgan fingerprint density at radius 2 is 2.05 bits per heavy atom. The maximum atomic E-state index is 6.15. The monoisotopic (exact) mass is 276 g/mol. The first kappa shape index (κ1) is 15.3. The molecule has 0 radical (unpaired) electrons. The second-order valence-electron chi connectivity index (χ2n) is 6.03. The molecular formula is C16H28N4. The van der Waals surface area contributed by atoms with E-state index in [1.54, 1.807) is 6.20 Å². The van der Waals surface area contributed by atoms with Crippen LogP contribution in [0.25, 0.3) is 0 Å². The van der Waals surface area contributed by atoms with Crippen molar-refractivity contribution in [3.8, 4) is 0 Å². The summed E-state index contributed by atoms with van der Waals surface area (Å²) in [7, 11) is 4.39. The Kier molecular flexibility index (Phi) is 5.00. The van der Waals surface area contributed by atoms with Gasteiger partial charge in [0.15, 0.2) is 0 Å². The number of likely N-dealkylation sites (N-methyl/N-ethyl adjacent to an activating group) is 2. The summed E-state index contributed by atoms with van der Waals surface area (Å²) in [5.74, 6) is 0.658. The number of nitrogens with one attached hydrogen (secondary N) is 1. The maximum absolute atomic E-state index is 6.15. The number of hydrogen-bond acceptors (Lipinski definition) is 4. The number of nitrogens with zero attached hydrogens (tertiary/aromatic N) is 2. The summed E-state index contributed by atoms with van der Waals surface area (Å²) in [6.07, 6.45) is 8.13. The van der Waals surface area contributed by atoms with Crippen LogP contribution >= 0.6 is 0 Å². The summed E-state index contributed by atoms with van der Waals surface area (Å²) in [6, 6.07) is 4.36. The van der Waals surface area contributed by atoms with Crippen molar-refractivity contribution in [1.82, 2.24) is 15.2 Å². The van der Waals surface area contributed by atoms with Gasteiger partial charge in [-0.15, -0.1) is 0 Å². The van der Waals surface area contributed by atoms with E-state index >= 15 is 0 Å². The predicted molar refractivity (Wildman–Crippen MR) is 84.6 cm³/mol. The lowest BCUT2D eigenvalue weighted by Gasteiger charge is -2.49. The van der Waals surface area contributed by atoms with E-state index < -0.39 is 0 Å². The van der Waals surface area contributed by atoms with E-state index in [0.717, 1.165) is 12.1 Å². The van der Waals surface area contributed by atoms with Gasteiger partial charge >= 0.3 is 0 Å². The van der Waals surface area contributed by atoms with Gasteiger partial charge in [0.2, 0.25) is 0 Å². The Bertz CT molecular complexity index is 424. The van der Waals surface area contributed by atoms with E-state index in [9.17, 15) is 0 Å². The smallest absolute Gasteiger partial charge is 0.128 e. The standard InChI is InChI=1S/C16H28N4/c1-4-18-14(13-9-8-12-19-15(13)17)16(20(2)3)10-6-5-7-11-16/h8-9,12,14,18H,4-7,10-11H2,1-3H3,(H2,17,19). The van der Waals surface area contributed by atoms with Gasteiger partial charge in [0.05, 0.1) is 6.04 Å². The van der Waals surface area contributed by atoms with Crippen LogP contribution in [0.4, 0.5) is 5.82 Å². The van der Waals surface area contributed by atoms with Crippen LogP contribution in [0.2, 0.25) is 0 Å². The minimum atomic E-state index is 0.144. The lowest BCUT2D eigenvalue weighted by Crippen LogP contribution is -2.55. The molecule has 1 aromatic rings. The highest BCUT2D eigenvalue weighted by Gasteiger charge is 2.42. The molecular weight excluding hydrogens is 248 g/mol. The van der Waals surface area contributed by atoms with Crippen LogP contribution in [0.1, 0.15) is 50.6 Å². The molecule has 1 aliphatic carbocycles. The zero-order valence-corrected chi connectivity index (χ0v) is 13.0. The third-order valence-electron chi connectivity index (χ3n) is 4.74. The van der Waals surface area contributed by atoms with Gasteiger partial charge in [-0.05, 0) is 39.5 Å². The summed E-state index contributed by atoms with van der Waals surface area (Å²) < 4.78 is 0. The molecule has 0 bridgehead atoms. The van der Waals surface area contributed by atoms with Gasteiger partial charge in [-0.1, -0.05) is 32.3 Å². The number of pyridine rings is 1.